The van der Waals surface area contributed by atoms with E-state index in [0.717, 1.165) is 5.69 Å². The molecule has 0 unspecified atom stereocenters. The second kappa shape index (κ2) is 3.61. The van der Waals surface area contributed by atoms with Gasteiger partial charge in [-0.05, 0) is 6.92 Å². The molecule has 0 saturated carbocycles. The van der Waals surface area contributed by atoms with Gasteiger partial charge in [-0.25, -0.2) is 0 Å². The van der Waals surface area contributed by atoms with Crippen molar-refractivity contribution in [3.63, 3.8) is 0 Å². The van der Waals surface area contributed by atoms with Crippen LogP contribution in [0.5, 0.6) is 0 Å². The number of nitrogens with zero attached hydrogens (tertiary/aromatic N) is 1. The number of aliphatic hydroxyl groups excluding tert-OH is 1. The van der Waals surface area contributed by atoms with E-state index in [2.05, 4.69) is 5.10 Å². The van der Waals surface area contributed by atoms with E-state index >= 15 is 0 Å². The molecule has 0 bridgehead atoms. The molecular formula is C10H18N2O2. The van der Waals surface area contributed by atoms with Crippen LogP contribution < -0.4 is 5.56 Å². The van der Waals surface area contributed by atoms with E-state index in [0.29, 0.717) is 12.1 Å². The third-order valence-electron chi connectivity index (χ3n) is 2.28. The Balaban J connectivity index is 3.38. The third-order valence-corrected chi connectivity index (χ3v) is 2.28. The SMILES string of the molecule is CCn1[nH]c(C(C)(C)C)c(CO)c1=O. The second-order valence-electron chi connectivity index (χ2n) is 4.42. The van der Waals surface area contributed by atoms with Gasteiger partial charge in [0, 0.05) is 17.7 Å². The lowest BCUT2D eigenvalue weighted by Crippen LogP contribution is -2.18. The molecule has 4 nitrogen and oxygen atoms in total. The van der Waals surface area contributed by atoms with Crippen LogP contribution in [0.1, 0.15) is 39.0 Å². The van der Waals surface area contributed by atoms with Crippen LogP contribution in [0.15, 0.2) is 4.79 Å². The summed E-state index contributed by atoms with van der Waals surface area (Å²) in [6.45, 7) is 8.33. The van der Waals surface area contributed by atoms with Crippen LogP contribution in [-0.4, -0.2) is 14.9 Å². The number of aryl methyl sites for hydroxylation is 1. The van der Waals surface area contributed by atoms with E-state index in [1.165, 1.54) is 4.68 Å². The predicted octanol–water partition coefficient (Wildman–Crippen LogP) is 0.986. The van der Waals surface area contributed by atoms with Crippen LogP contribution in [0.3, 0.4) is 0 Å². The van der Waals surface area contributed by atoms with Crippen LogP contribution in [0.25, 0.3) is 0 Å². The highest BCUT2D eigenvalue weighted by Gasteiger charge is 2.23. The molecule has 14 heavy (non-hydrogen) atoms. The number of H-pyrrole nitrogens is 1. The highest BCUT2D eigenvalue weighted by atomic mass is 16.3. The van der Waals surface area contributed by atoms with E-state index in [4.69, 9.17) is 5.11 Å². The number of aliphatic hydroxyl groups is 1. The molecule has 2 N–H and O–H groups in total. The van der Waals surface area contributed by atoms with Gasteiger partial charge in [-0.2, -0.15) is 0 Å². The van der Waals surface area contributed by atoms with Crippen molar-refractivity contribution in [2.75, 3.05) is 0 Å². The van der Waals surface area contributed by atoms with Gasteiger partial charge in [0.15, 0.2) is 0 Å². The highest BCUT2D eigenvalue weighted by Crippen LogP contribution is 2.21. The molecule has 1 rings (SSSR count). The number of nitrogens with one attached hydrogen (secondary N) is 1. The molecule has 80 valence electrons. The smallest absolute Gasteiger partial charge is 0.272 e. The highest BCUT2D eigenvalue weighted by molar-refractivity contribution is 5.23. The molecule has 0 saturated heterocycles. The first kappa shape index (κ1) is 11.0. The predicted molar refractivity (Wildman–Crippen MR) is 55.3 cm³/mol. The topological polar surface area (TPSA) is 58.0 Å². The fraction of sp³-hybridized carbons (Fsp3) is 0.700. The molecule has 0 aliphatic heterocycles. The molecule has 1 aromatic rings. The molecular weight excluding hydrogens is 180 g/mol. The van der Waals surface area contributed by atoms with E-state index < -0.39 is 0 Å². The molecule has 0 aliphatic rings. The van der Waals surface area contributed by atoms with Crippen molar-refractivity contribution >= 4 is 0 Å². The fourth-order valence-electron chi connectivity index (χ4n) is 1.51. The maximum absolute atomic E-state index is 11.7. The Morgan fingerprint density at radius 1 is 1.43 bits per heavy atom. The zero-order chi connectivity index (χ0) is 10.9. The first-order chi connectivity index (χ1) is 6.41. The largest absolute Gasteiger partial charge is 0.391 e. The number of aromatic nitrogens is 2. The lowest BCUT2D eigenvalue weighted by molar-refractivity contribution is 0.277. The Morgan fingerprint density at radius 3 is 2.29 bits per heavy atom. The van der Waals surface area contributed by atoms with E-state index in [-0.39, 0.29) is 17.6 Å². The summed E-state index contributed by atoms with van der Waals surface area (Å²) >= 11 is 0. The van der Waals surface area contributed by atoms with Crippen molar-refractivity contribution < 1.29 is 5.11 Å². The molecule has 0 fully saturated rings. The lowest BCUT2D eigenvalue weighted by atomic mass is 9.90. The Bertz CT molecular complexity index is 368. The standard InChI is InChI=1S/C10H18N2O2/c1-5-12-9(14)7(6-13)8(11-12)10(2,3)4/h11,13H,5-6H2,1-4H3. The van der Waals surface area contributed by atoms with Gasteiger partial charge < -0.3 is 5.11 Å². The molecule has 1 aromatic heterocycles. The van der Waals surface area contributed by atoms with Gasteiger partial charge in [-0.15, -0.1) is 0 Å². The molecule has 1 heterocycles. The van der Waals surface area contributed by atoms with E-state index in [9.17, 15) is 4.79 Å². The summed E-state index contributed by atoms with van der Waals surface area (Å²) in [7, 11) is 0. The zero-order valence-electron chi connectivity index (χ0n) is 9.22. The van der Waals surface area contributed by atoms with Crippen molar-refractivity contribution in [1.82, 2.24) is 9.78 Å². The maximum Gasteiger partial charge on any atom is 0.272 e. The van der Waals surface area contributed by atoms with Crippen LogP contribution in [-0.2, 0) is 18.6 Å². The molecule has 0 spiro atoms. The Kier molecular flexibility index (Phi) is 2.85. The monoisotopic (exact) mass is 198 g/mol. The quantitative estimate of drug-likeness (QED) is 0.744. The van der Waals surface area contributed by atoms with Gasteiger partial charge in [-0.3, -0.25) is 14.6 Å². The minimum Gasteiger partial charge on any atom is -0.391 e. The van der Waals surface area contributed by atoms with Crippen molar-refractivity contribution in [2.24, 2.45) is 0 Å². The molecule has 0 amide bonds. The van der Waals surface area contributed by atoms with Gasteiger partial charge in [0.2, 0.25) is 0 Å². The first-order valence-electron chi connectivity index (χ1n) is 4.84. The van der Waals surface area contributed by atoms with Crippen LogP contribution in [0, 0.1) is 0 Å². The average Bonchev–Trinajstić information content (AvgIpc) is 2.41. The van der Waals surface area contributed by atoms with Gasteiger partial charge >= 0.3 is 0 Å². The van der Waals surface area contributed by atoms with Crippen molar-refractivity contribution in [3.8, 4) is 0 Å². The van der Waals surface area contributed by atoms with E-state index in [1.807, 2.05) is 27.7 Å². The van der Waals surface area contributed by atoms with Crippen molar-refractivity contribution in [1.29, 1.82) is 0 Å². The van der Waals surface area contributed by atoms with Crippen LogP contribution in [0.4, 0.5) is 0 Å². The number of hydrogen-bond acceptors (Lipinski definition) is 2. The van der Waals surface area contributed by atoms with Gasteiger partial charge in [0.25, 0.3) is 5.56 Å². The van der Waals surface area contributed by atoms with Crippen LogP contribution in [0.2, 0.25) is 0 Å². The number of hydrogen-bond donors (Lipinski definition) is 2. The molecule has 0 atom stereocenters. The summed E-state index contributed by atoms with van der Waals surface area (Å²) in [5, 5.41) is 12.2. The minimum atomic E-state index is -0.199. The average molecular weight is 198 g/mol. The fourth-order valence-corrected chi connectivity index (χ4v) is 1.51. The zero-order valence-corrected chi connectivity index (χ0v) is 9.22. The summed E-state index contributed by atoms with van der Waals surface area (Å²) in [5.41, 5.74) is 1.06. The molecule has 4 heteroatoms. The summed E-state index contributed by atoms with van der Waals surface area (Å²) < 4.78 is 1.52. The lowest BCUT2D eigenvalue weighted by Gasteiger charge is -2.17. The third kappa shape index (κ3) is 1.75. The number of aromatic amines is 1. The Hall–Kier alpha value is -1.03. The first-order valence-corrected chi connectivity index (χ1v) is 4.84. The summed E-state index contributed by atoms with van der Waals surface area (Å²) in [5.74, 6) is 0. The van der Waals surface area contributed by atoms with Gasteiger partial charge in [0.05, 0.1) is 12.2 Å². The summed E-state index contributed by atoms with van der Waals surface area (Å²) in [6, 6.07) is 0. The van der Waals surface area contributed by atoms with Gasteiger partial charge in [-0.1, -0.05) is 20.8 Å². The molecule has 0 aromatic carbocycles. The van der Waals surface area contributed by atoms with Crippen molar-refractivity contribution in [2.45, 2.75) is 46.3 Å². The normalized spacial score (nSPS) is 12.1. The van der Waals surface area contributed by atoms with E-state index in [1.54, 1.807) is 0 Å². The summed E-state index contributed by atoms with van der Waals surface area (Å²) in [6.07, 6.45) is 0. The molecule has 0 aliphatic carbocycles. The second-order valence-corrected chi connectivity index (χ2v) is 4.42. The Morgan fingerprint density at radius 2 is 2.00 bits per heavy atom. The van der Waals surface area contributed by atoms with Crippen molar-refractivity contribution in [3.05, 3.63) is 21.6 Å². The summed E-state index contributed by atoms with van der Waals surface area (Å²) in [4.78, 5) is 11.7. The Labute approximate surface area is 83.5 Å². The minimum absolute atomic E-state index is 0.111. The number of rotatable bonds is 2. The van der Waals surface area contributed by atoms with Crippen LogP contribution >= 0.6 is 0 Å². The molecule has 0 radical (unpaired) electrons. The van der Waals surface area contributed by atoms with Gasteiger partial charge in [0.1, 0.15) is 0 Å². The maximum atomic E-state index is 11.7.